The molecule has 0 spiro atoms. The number of para-hydroxylation sites is 1. The average Bonchev–Trinajstić information content (AvgIpc) is 2.70. The van der Waals surface area contributed by atoms with E-state index in [1.807, 2.05) is 41.0 Å². The molecule has 1 aliphatic heterocycles. The van der Waals surface area contributed by atoms with Gasteiger partial charge in [-0.3, -0.25) is 9.36 Å². The zero-order valence-electron chi connectivity index (χ0n) is 14.3. The van der Waals surface area contributed by atoms with E-state index in [9.17, 15) is 4.79 Å². The number of aromatic nitrogens is 2. The summed E-state index contributed by atoms with van der Waals surface area (Å²) < 4.78 is 1.86. The molecule has 0 aliphatic carbocycles. The van der Waals surface area contributed by atoms with Crippen LogP contribution in [-0.2, 0) is 13.0 Å². The van der Waals surface area contributed by atoms with Crippen molar-refractivity contribution in [2.24, 2.45) is 0 Å². The first kappa shape index (κ1) is 15.1. The van der Waals surface area contributed by atoms with Gasteiger partial charge >= 0.3 is 0 Å². The molecule has 0 amide bonds. The van der Waals surface area contributed by atoms with Crippen LogP contribution in [0.4, 0.5) is 0 Å². The molecule has 0 fully saturated rings. The third-order valence-electron chi connectivity index (χ3n) is 5.24. The molecule has 0 N–H and O–H groups in total. The Bertz CT molecular complexity index is 1160. The SMILES string of the molecule is O=c1c2ccccc2nc2n1Cc1ccccc1[C@H]2Cc1ccccc1. The maximum Gasteiger partial charge on any atom is 0.261 e. The number of nitrogens with zero attached hydrogens (tertiary/aromatic N) is 2. The maximum atomic E-state index is 13.1. The van der Waals surface area contributed by atoms with Crippen molar-refractivity contribution in [2.75, 3.05) is 0 Å². The van der Waals surface area contributed by atoms with Gasteiger partial charge in [-0.1, -0.05) is 66.7 Å². The lowest BCUT2D eigenvalue weighted by molar-refractivity contribution is 0.583. The average molecular weight is 338 g/mol. The second kappa shape index (κ2) is 5.95. The lowest BCUT2D eigenvalue weighted by atomic mass is 9.85. The second-order valence-electron chi connectivity index (χ2n) is 6.82. The van der Waals surface area contributed by atoms with Gasteiger partial charge in [-0.25, -0.2) is 4.98 Å². The molecule has 0 bridgehead atoms. The van der Waals surface area contributed by atoms with Crippen LogP contribution >= 0.6 is 0 Å². The van der Waals surface area contributed by atoms with Crippen molar-refractivity contribution in [3.8, 4) is 0 Å². The van der Waals surface area contributed by atoms with E-state index in [2.05, 4.69) is 42.5 Å². The highest BCUT2D eigenvalue weighted by molar-refractivity contribution is 5.77. The summed E-state index contributed by atoms with van der Waals surface area (Å²) in [7, 11) is 0. The van der Waals surface area contributed by atoms with E-state index >= 15 is 0 Å². The molecule has 2 heterocycles. The van der Waals surface area contributed by atoms with Crippen LogP contribution in [0.1, 0.15) is 28.4 Å². The lowest BCUT2D eigenvalue weighted by Crippen LogP contribution is -2.32. The molecule has 0 unspecified atom stereocenters. The minimum Gasteiger partial charge on any atom is -0.291 e. The van der Waals surface area contributed by atoms with Crippen LogP contribution in [0.5, 0.6) is 0 Å². The number of fused-ring (bicyclic) bond motifs is 3. The van der Waals surface area contributed by atoms with Crippen LogP contribution in [0.2, 0.25) is 0 Å². The van der Waals surface area contributed by atoms with E-state index in [0.29, 0.717) is 11.9 Å². The van der Waals surface area contributed by atoms with Gasteiger partial charge in [-0.05, 0) is 35.2 Å². The Morgan fingerprint density at radius 3 is 2.50 bits per heavy atom. The van der Waals surface area contributed by atoms with Gasteiger partial charge in [0.15, 0.2) is 0 Å². The zero-order valence-corrected chi connectivity index (χ0v) is 14.3. The van der Waals surface area contributed by atoms with Gasteiger partial charge in [0.25, 0.3) is 5.56 Å². The van der Waals surface area contributed by atoms with Gasteiger partial charge in [-0.2, -0.15) is 0 Å². The third kappa shape index (κ3) is 2.36. The maximum absolute atomic E-state index is 13.1. The van der Waals surface area contributed by atoms with Gasteiger partial charge in [0.05, 0.1) is 17.4 Å². The topological polar surface area (TPSA) is 34.9 Å². The molecule has 1 aliphatic rings. The van der Waals surface area contributed by atoms with Crippen LogP contribution < -0.4 is 5.56 Å². The molecule has 0 saturated heterocycles. The van der Waals surface area contributed by atoms with Crippen molar-refractivity contribution in [2.45, 2.75) is 18.9 Å². The summed E-state index contributed by atoms with van der Waals surface area (Å²) in [4.78, 5) is 18.0. The van der Waals surface area contributed by atoms with E-state index in [1.54, 1.807) is 0 Å². The summed E-state index contributed by atoms with van der Waals surface area (Å²) in [6, 6.07) is 26.5. The Labute approximate surface area is 151 Å². The van der Waals surface area contributed by atoms with Crippen molar-refractivity contribution in [3.05, 3.63) is 112 Å². The van der Waals surface area contributed by atoms with E-state index in [4.69, 9.17) is 4.98 Å². The van der Waals surface area contributed by atoms with Crippen LogP contribution in [0.15, 0.2) is 83.7 Å². The summed E-state index contributed by atoms with van der Waals surface area (Å²) in [6.45, 7) is 0.591. The third-order valence-corrected chi connectivity index (χ3v) is 5.24. The van der Waals surface area contributed by atoms with Crippen molar-refractivity contribution in [1.82, 2.24) is 9.55 Å². The monoisotopic (exact) mass is 338 g/mol. The minimum atomic E-state index is 0.0539. The first-order chi connectivity index (χ1) is 12.8. The Balaban J connectivity index is 1.75. The predicted molar refractivity (Wildman–Crippen MR) is 104 cm³/mol. The quantitative estimate of drug-likeness (QED) is 0.551. The largest absolute Gasteiger partial charge is 0.291 e. The van der Waals surface area contributed by atoms with Gasteiger partial charge < -0.3 is 0 Å². The van der Waals surface area contributed by atoms with Gasteiger partial charge in [0, 0.05) is 5.92 Å². The first-order valence-electron chi connectivity index (χ1n) is 8.92. The highest BCUT2D eigenvalue weighted by Gasteiger charge is 2.28. The summed E-state index contributed by atoms with van der Waals surface area (Å²) in [5.74, 6) is 0.955. The van der Waals surface area contributed by atoms with Gasteiger partial charge in [0.1, 0.15) is 5.82 Å². The van der Waals surface area contributed by atoms with E-state index in [-0.39, 0.29) is 11.5 Å². The molecule has 0 radical (unpaired) electrons. The predicted octanol–water partition coefficient (Wildman–Crippen LogP) is 4.13. The normalized spacial score (nSPS) is 15.5. The summed E-state index contributed by atoms with van der Waals surface area (Å²) in [6.07, 6.45) is 0.836. The zero-order chi connectivity index (χ0) is 17.5. The van der Waals surface area contributed by atoms with Crippen LogP contribution in [0.3, 0.4) is 0 Å². The standard InChI is InChI=1S/C23H18N2O/c26-23-19-12-6-7-13-21(19)24-22-20(14-16-8-2-1-3-9-16)18-11-5-4-10-17(18)15-25(22)23/h1-13,20H,14-15H2/t20-/m1/s1. The molecule has 4 aromatic rings. The molecule has 3 nitrogen and oxygen atoms in total. The van der Waals surface area contributed by atoms with Gasteiger partial charge in [-0.15, -0.1) is 0 Å². The number of benzene rings is 3. The van der Waals surface area contributed by atoms with E-state index < -0.39 is 0 Å². The number of rotatable bonds is 2. The molecular formula is C23H18N2O. The van der Waals surface area contributed by atoms with Crippen LogP contribution in [0.25, 0.3) is 10.9 Å². The van der Waals surface area contributed by atoms with Crippen LogP contribution in [0, 0.1) is 0 Å². The Kier molecular flexibility index (Phi) is 3.45. The molecule has 26 heavy (non-hydrogen) atoms. The summed E-state index contributed by atoms with van der Waals surface area (Å²) >= 11 is 0. The fourth-order valence-electron chi connectivity index (χ4n) is 3.98. The second-order valence-corrected chi connectivity index (χ2v) is 6.82. The molecule has 1 atom stereocenters. The van der Waals surface area contributed by atoms with Crippen LogP contribution in [-0.4, -0.2) is 9.55 Å². The Morgan fingerprint density at radius 2 is 1.62 bits per heavy atom. The first-order valence-corrected chi connectivity index (χ1v) is 8.92. The molecular weight excluding hydrogens is 320 g/mol. The van der Waals surface area contributed by atoms with Gasteiger partial charge in [0.2, 0.25) is 0 Å². The minimum absolute atomic E-state index is 0.0539. The highest BCUT2D eigenvalue weighted by Crippen LogP contribution is 2.34. The summed E-state index contributed by atoms with van der Waals surface area (Å²) in [5.41, 5.74) is 4.57. The molecule has 3 aromatic carbocycles. The summed E-state index contributed by atoms with van der Waals surface area (Å²) in [5, 5.41) is 0.689. The Hall–Kier alpha value is -3.20. The highest BCUT2D eigenvalue weighted by atomic mass is 16.1. The smallest absolute Gasteiger partial charge is 0.261 e. The van der Waals surface area contributed by atoms with Crippen molar-refractivity contribution in [1.29, 1.82) is 0 Å². The molecule has 126 valence electrons. The number of hydrogen-bond donors (Lipinski definition) is 0. The molecule has 0 saturated carbocycles. The van der Waals surface area contributed by atoms with E-state index in [1.165, 1.54) is 16.7 Å². The molecule has 3 heteroatoms. The van der Waals surface area contributed by atoms with Crippen molar-refractivity contribution >= 4 is 10.9 Å². The fraction of sp³-hybridized carbons (Fsp3) is 0.130. The van der Waals surface area contributed by atoms with E-state index in [0.717, 1.165) is 17.8 Å². The molecule has 1 aromatic heterocycles. The van der Waals surface area contributed by atoms with Crippen molar-refractivity contribution < 1.29 is 0 Å². The lowest BCUT2D eigenvalue weighted by Gasteiger charge is -2.29. The Morgan fingerprint density at radius 1 is 0.885 bits per heavy atom. The fourth-order valence-corrected chi connectivity index (χ4v) is 3.98. The van der Waals surface area contributed by atoms with Crippen molar-refractivity contribution in [3.63, 3.8) is 0 Å². The number of hydrogen-bond acceptors (Lipinski definition) is 2. The molecule has 5 rings (SSSR count).